The van der Waals surface area contributed by atoms with Gasteiger partial charge in [0.25, 0.3) is 5.91 Å². The first-order valence-electron chi connectivity index (χ1n) is 6.58. The molecule has 0 aromatic heterocycles. The smallest absolute Gasteiger partial charge is 0.251 e. The van der Waals surface area contributed by atoms with Gasteiger partial charge in [0.15, 0.2) is 0 Å². The zero-order valence-electron chi connectivity index (χ0n) is 12.7. The van der Waals surface area contributed by atoms with Gasteiger partial charge in [-0.15, -0.1) is 0 Å². The monoisotopic (exact) mass is 265 g/mol. The van der Waals surface area contributed by atoms with Crippen LogP contribution in [0.2, 0.25) is 0 Å². The molecule has 1 rings (SSSR count). The zero-order valence-corrected chi connectivity index (χ0v) is 12.7. The van der Waals surface area contributed by atoms with Crippen molar-refractivity contribution in [2.24, 2.45) is 5.41 Å². The van der Waals surface area contributed by atoms with Gasteiger partial charge in [-0.2, -0.15) is 0 Å². The van der Waals surface area contributed by atoms with Gasteiger partial charge in [0, 0.05) is 12.1 Å². The van der Waals surface area contributed by atoms with Crippen molar-refractivity contribution < 1.29 is 9.18 Å². The van der Waals surface area contributed by atoms with Crippen LogP contribution in [0, 0.1) is 11.2 Å². The number of nitrogens with one attached hydrogen (secondary N) is 1. The van der Waals surface area contributed by atoms with E-state index < -0.39 is 0 Å². The molecular weight excluding hydrogens is 241 g/mol. The van der Waals surface area contributed by atoms with E-state index in [1.165, 1.54) is 12.1 Å². The lowest BCUT2D eigenvalue weighted by molar-refractivity contribution is 0.0938. The van der Waals surface area contributed by atoms with Crippen LogP contribution in [-0.4, -0.2) is 12.5 Å². The minimum Gasteiger partial charge on any atom is -0.352 e. The van der Waals surface area contributed by atoms with Crippen LogP contribution in [0.5, 0.6) is 0 Å². The molecule has 0 unspecified atom stereocenters. The van der Waals surface area contributed by atoms with Crippen LogP contribution in [0.4, 0.5) is 4.39 Å². The summed E-state index contributed by atoms with van der Waals surface area (Å²) in [6.07, 6.45) is 0. The Hall–Kier alpha value is -1.38. The second kappa shape index (κ2) is 5.32. The molecule has 3 heteroatoms. The van der Waals surface area contributed by atoms with E-state index >= 15 is 0 Å². The van der Waals surface area contributed by atoms with Gasteiger partial charge in [0.05, 0.1) is 0 Å². The predicted octanol–water partition coefficient (Wildman–Crippen LogP) is 3.90. The zero-order chi connectivity index (χ0) is 14.8. The van der Waals surface area contributed by atoms with Crippen LogP contribution < -0.4 is 5.32 Å². The number of carbonyl (C=O) groups is 1. The lowest BCUT2D eigenvalue weighted by Crippen LogP contribution is -2.32. The highest BCUT2D eigenvalue weighted by molar-refractivity contribution is 5.94. The van der Waals surface area contributed by atoms with Gasteiger partial charge in [-0.1, -0.05) is 41.5 Å². The van der Waals surface area contributed by atoms with E-state index in [-0.39, 0.29) is 22.6 Å². The van der Waals surface area contributed by atoms with Crippen molar-refractivity contribution in [1.29, 1.82) is 0 Å². The third-order valence-corrected chi connectivity index (χ3v) is 2.81. The largest absolute Gasteiger partial charge is 0.352 e. The molecule has 0 aliphatic heterocycles. The normalized spacial score (nSPS) is 12.4. The lowest BCUT2D eigenvalue weighted by Gasteiger charge is -2.21. The fourth-order valence-corrected chi connectivity index (χ4v) is 1.60. The number of amides is 1. The van der Waals surface area contributed by atoms with Gasteiger partial charge >= 0.3 is 0 Å². The van der Waals surface area contributed by atoms with E-state index in [0.29, 0.717) is 12.1 Å². The first kappa shape index (κ1) is 15.7. The summed E-state index contributed by atoms with van der Waals surface area (Å²) in [4.78, 5) is 12.0. The van der Waals surface area contributed by atoms with Gasteiger partial charge in [0.2, 0.25) is 0 Å². The van der Waals surface area contributed by atoms with Crippen molar-refractivity contribution in [2.75, 3.05) is 6.54 Å². The van der Waals surface area contributed by atoms with Crippen LogP contribution in [0.15, 0.2) is 18.2 Å². The third kappa shape index (κ3) is 5.01. The molecule has 0 saturated heterocycles. The molecule has 0 saturated carbocycles. The van der Waals surface area contributed by atoms with E-state index in [1.807, 2.05) is 41.5 Å². The molecule has 0 spiro atoms. The molecule has 0 heterocycles. The number of benzene rings is 1. The Kier molecular flexibility index (Phi) is 4.39. The lowest BCUT2D eigenvalue weighted by atomic mass is 9.86. The predicted molar refractivity (Wildman–Crippen MR) is 76.9 cm³/mol. The summed E-state index contributed by atoms with van der Waals surface area (Å²) in [5.74, 6) is -0.590. The molecule has 1 N–H and O–H groups in total. The molecule has 0 aliphatic carbocycles. The highest BCUT2D eigenvalue weighted by Gasteiger charge is 2.18. The van der Waals surface area contributed by atoms with Crippen LogP contribution in [-0.2, 0) is 5.41 Å². The fourth-order valence-electron chi connectivity index (χ4n) is 1.60. The summed E-state index contributed by atoms with van der Waals surface area (Å²) in [6.45, 7) is 12.7. The molecule has 1 aromatic rings. The highest BCUT2D eigenvalue weighted by Crippen LogP contribution is 2.24. The number of rotatable bonds is 2. The first-order valence-corrected chi connectivity index (χ1v) is 6.58. The first-order chi connectivity index (χ1) is 8.49. The molecule has 2 nitrogen and oxygen atoms in total. The van der Waals surface area contributed by atoms with E-state index in [9.17, 15) is 9.18 Å². The van der Waals surface area contributed by atoms with E-state index in [0.717, 1.165) is 5.56 Å². The maximum absolute atomic E-state index is 13.6. The van der Waals surface area contributed by atoms with E-state index in [1.54, 1.807) is 6.07 Å². The molecule has 0 fully saturated rings. The van der Waals surface area contributed by atoms with Crippen LogP contribution in [0.1, 0.15) is 57.5 Å². The number of halogens is 1. The topological polar surface area (TPSA) is 29.1 Å². The molecule has 106 valence electrons. The van der Waals surface area contributed by atoms with Crippen LogP contribution >= 0.6 is 0 Å². The summed E-state index contributed by atoms with van der Waals surface area (Å²) in [7, 11) is 0. The van der Waals surface area contributed by atoms with Crippen molar-refractivity contribution >= 4 is 5.91 Å². The molecule has 19 heavy (non-hydrogen) atoms. The number of hydrogen-bond acceptors (Lipinski definition) is 1. The average molecular weight is 265 g/mol. The van der Waals surface area contributed by atoms with Gasteiger partial charge in [-0.05, 0) is 34.6 Å². The average Bonchev–Trinajstić information content (AvgIpc) is 2.22. The Balaban J connectivity index is 2.95. The Morgan fingerprint density at radius 1 is 1.11 bits per heavy atom. The highest BCUT2D eigenvalue weighted by atomic mass is 19.1. The molecule has 1 amide bonds. The van der Waals surface area contributed by atoms with E-state index in [2.05, 4.69) is 5.32 Å². The molecule has 0 aliphatic rings. The van der Waals surface area contributed by atoms with Gasteiger partial charge in [0.1, 0.15) is 5.82 Å². The second-order valence-electron chi connectivity index (χ2n) is 7.22. The summed E-state index contributed by atoms with van der Waals surface area (Å²) in [6, 6.07) is 4.54. The maximum atomic E-state index is 13.6. The summed E-state index contributed by atoms with van der Waals surface area (Å²) in [5.41, 5.74) is 1.04. The minimum atomic E-state index is -0.367. The van der Waals surface area contributed by atoms with Crippen LogP contribution in [0.3, 0.4) is 0 Å². The molecular formula is C16H24FNO. The summed E-state index contributed by atoms with van der Waals surface area (Å²) >= 11 is 0. The molecule has 0 bridgehead atoms. The van der Waals surface area contributed by atoms with Crippen molar-refractivity contribution in [3.8, 4) is 0 Å². The Morgan fingerprint density at radius 2 is 1.68 bits per heavy atom. The maximum Gasteiger partial charge on any atom is 0.251 e. The standard InChI is InChI=1S/C16H24FNO/c1-15(2,3)10-18-14(19)11-7-12(16(4,5)6)9-13(17)8-11/h7-9H,10H2,1-6H3,(H,18,19). The minimum absolute atomic E-state index is 0.00976. The SMILES string of the molecule is CC(C)(C)CNC(=O)c1cc(F)cc(C(C)(C)C)c1. The van der Waals surface area contributed by atoms with Crippen molar-refractivity contribution in [1.82, 2.24) is 5.32 Å². The Labute approximate surface area is 115 Å². The molecule has 1 aromatic carbocycles. The van der Waals surface area contributed by atoms with E-state index in [4.69, 9.17) is 0 Å². The summed E-state index contributed by atoms with van der Waals surface area (Å²) in [5, 5.41) is 2.84. The number of hydrogen-bond donors (Lipinski definition) is 1. The fraction of sp³-hybridized carbons (Fsp3) is 0.562. The van der Waals surface area contributed by atoms with Crippen molar-refractivity contribution in [3.63, 3.8) is 0 Å². The summed E-state index contributed by atoms with van der Waals surface area (Å²) < 4.78 is 13.6. The molecule has 0 atom stereocenters. The van der Waals surface area contributed by atoms with Crippen LogP contribution in [0.25, 0.3) is 0 Å². The van der Waals surface area contributed by atoms with Crippen molar-refractivity contribution in [3.05, 3.63) is 35.1 Å². The Morgan fingerprint density at radius 3 is 2.16 bits per heavy atom. The van der Waals surface area contributed by atoms with Crippen molar-refractivity contribution in [2.45, 2.75) is 47.0 Å². The second-order valence-corrected chi connectivity index (χ2v) is 7.22. The number of carbonyl (C=O) groups excluding carboxylic acids is 1. The van der Waals surface area contributed by atoms with Gasteiger partial charge in [-0.25, -0.2) is 4.39 Å². The Bertz CT molecular complexity index is 467. The third-order valence-electron chi connectivity index (χ3n) is 2.81. The molecule has 0 radical (unpaired) electrons. The van der Waals surface area contributed by atoms with Gasteiger partial charge in [-0.3, -0.25) is 4.79 Å². The quantitative estimate of drug-likeness (QED) is 0.863. The van der Waals surface area contributed by atoms with Gasteiger partial charge < -0.3 is 5.32 Å².